The molecule has 1 atom stereocenters. The number of nitrogens with zero attached hydrogens (tertiary/aromatic N) is 2. The molecule has 3 aromatic rings. The van der Waals surface area contributed by atoms with Crippen LogP contribution in [-0.4, -0.2) is 41.0 Å². The molecule has 2 aliphatic rings. The van der Waals surface area contributed by atoms with E-state index in [0.29, 0.717) is 29.4 Å². The highest BCUT2D eigenvalue weighted by molar-refractivity contribution is 6.09. The molecule has 2 aromatic carbocycles. The lowest BCUT2D eigenvalue weighted by molar-refractivity contribution is -0.139. The maximum atomic E-state index is 13.4. The summed E-state index contributed by atoms with van der Waals surface area (Å²) < 4.78 is 16.1. The molecule has 9 heteroatoms. The second-order valence-corrected chi connectivity index (χ2v) is 8.33. The van der Waals surface area contributed by atoms with Gasteiger partial charge in [-0.2, -0.15) is 0 Å². The van der Waals surface area contributed by atoms with Crippen molar-refractivity contribution in [3.8, 4) is 11.5 Å². The third kappa shape index (κ3) is 3.96. The van der Waals surface area contributed by atoms with Crippen molar-refractivity contribution in [2.24, 2.45) is 0 Å². The van der Waals surface area contributed by atoms with Crippen LogP contribution in [0.25, 0.3) is 0 Å². The Morgan fingerprint density at radius 1 is 1.03 bits per heavy atom. The number of benzene rings is 2. The van der Waals surface area contributed by atoms with Crippen LogP contribution in [0.15, 0.2) is 71.3 Å². The molecule has 4 amide bonds. The maximum absolute atomic E-state index is 13.4. The quantitative estimate of drug-likeness (QED) is 0.543. The van der Waals surface area contributed by atoms with Crippen LogP contribution in [0.5, 0.6) is 11.5 Å². The first-order chi connectivity index (χ1) is 16.4. The number of hydrogen-bond donors (Lipinski definition) is 1. The molecule has 1 aromatic heterocycles. The largest absolute Gasteiger partial charge is 0.467 e. The minimum Gasteiger partial charge on any atom is -0.467 e. The number of imide groups is 1. The van der Waals surface area contributed by atoms with Crippen molar-refractivity contribution in [1.29, 1.82) is 0 Å². The standard InChI is InChI=1S/C25H23N3O6/c1-25(18-9-10-20-21(12-18)34-16-33-20)23(30)28(24(31)26-25)15-22(29)27(14-19-8-5-11-32-19)13-17-6-3-2-4-7-17/h2-12H,13-16H2,1H3,(H,26,31). The second-order valence-electron chi connectivity index (χ2n) is 8.33. The highest BCUT2D eigenvalue weighted by Crippen LogP contribution is 2.37. The van der Waals surface area contributed by atoms with E-state index in [-0.39, 0.29) is 19.2 Å². The zero-order valence-electron chi connectivity index (χ0n) is 18.5. The lowest BCUT2D eigenvalue weighted by atomic mass is 9.91. The van der Waals surface area contributed by atoms with E-state index in [9.17, 15) is 14.4 Å². The predicted octanol–water partition coefficient (Wildman–Crippen LogP) is 3.00. The number of carbonyl (C=O) groups excluding carboxylic acids is 3. The van der Waals surface area contributed by atoms with Crippen molar-refractivity contribution in [3.63, 3.8) is 0 Å². The predicted molar refractivity (Wildman–Crippen MR) is 120 cm³/mol. The first kappa shape index (κ1) is 21.6. The molecule has 1 fully saturated rings. The Balaban J connectivity index is 1.35. The number of fused-ring (bicyclic) bond motifs is 1. The first-order valence-electron chi connectivity index (χ1n) is 10.8. The van der Waals surface area contributed by atoms with Crippen molar-refractivity contribution in [2.45, 2.75) is 25.6 Å². The van der Waals surface area contributed by atoms with Crippen molar-refractivity contribution >= 4 is 17.8 Å². The molecule has 0 spiro atoms. The Morgan fingerprint density at radius 3 is 2.59 bits per heavy atom. The minimum absolute atomic E-state index is 0.101. The summed E-state index contributed by atoms with van der Waals surface area (Å²) in [6.45, 7) is 1.84. The van der Waals surface area contributed by atoms with Crippen LogP contribution in [0.2, 0.25) is 0 Å². The van der Waals surface area contributed by atoms with Crippen molar-refractivity contribution < 1.29 is 28.3 Å². The number of rotatable bonds is 7. The van der Waals surface area contributed by atoms with E-state index in [1.54, 1.807) is 42.2 Å². The van der Waals surface area contributed by atoms with Gasteiger partial charge in [-0.1, -0.05) is 36.4 Å². The summed E-state index contributed by atoms with van der Waals surface area (Å²) in [7, 11) is 0. The summed E-state index contributed by atoms with van der Waals surface area (Å²) in [6.07, 6.45) is 1.54. The van der Waals surface area contributed by atoms with Gasteiger partial charge >= 0.3 is 6.03 Å². The zero-order valence-corrected chi connectivity index (χ0v) is 18.5. The third-order valence-corrected chi connectivity index (χ3v) is 6.01. The van der Waals surface area contributed by atoms with E-state index in [4.69, 9.17) is 13.9 Å². The molecule has 0 aliphatic carbocycles. The third-order valence-electron chi connectivity index (χ3n) is 6.01. The summed E-state index contributed by atoms with van der Waals surface area (Å²) in [5.74, 6) is 0.793. The van der Waals surface area contributed by atoms with Gasteiger partial charge < -0.3 is 24.1 Å². The highest BCUT2D eigenvalue weighted by atomic mass is 16.7. The summed E-state index contributed by atoms with van der Waals surface area (Å²) >= 11 is 0. The smallest absolute Gasteiger partial charge is 0.325 e. The van der Waals surface area contributed by atoms with Crippen LogP contribution < -0.4 is 14.8 Å². The number of furan rings is 1. The second kappa shape index (κ2) is 8.58. The highest BCUT2D eigenvalue weighted by Gasteiger charge is 2.50. The maximum Gasteiger partial charge on any atom is 0.325 e. The fourth-order valence-corrected chi connectivity index (χ4v) is 4.11. The molecule has 0 radical (unpaired) electrons. The van der Waals surface area contributed by atoms with Crippen LogP contribution >= 0.6 is 0 Å². The molecule has 3 heterocycles. The Kier molecular flexibility index (Phi) is 5.45. The van der Waals surface area contributed by atoms with Crippen LogP contribution in [0.4, 0.5) is 4.79 Å². The van der Waals surface area contributed by atoms with Gasteiger partial charge in [-0.3, -0.25) is 14.5 Å². The van der Waals surface area contributed by atoms with Crippen LogP contribution in [-0.2, 0) is 28.2 Å². The molecule has 34 heavy (non-hydrogen) atoms. The number of amides is 4. The summed E-state index contributed by atoms with van der Waals surface area (Å²) in [6, 6.07) is 17.5. The van der Waals surface area contributed by atoms with E-state index < -0.39 is 24.0 Å². The lowest BCUT2D eigenvalue weighted by Gasteiger charge is -2.25. The number of hydrogen-bond acceptors (Lipinski definition) is 6. The van der Waals surface area contributed by atoms with Gasteiger partial charge in [0.25, 0.3) is 5.91 Å². The average Bonchev–Trinajstić information content (AvgIpc) is 3.57. The van der Waals surface area contributed by atoms with Gasteiger partial charge in [-0.25, -0.2) is 4.79 Å². The Hall–Kier alpha value is -4.27. The molecule has 1 saturated heterocycles. The lowest BCUT2D eigenvalue weighted by Crippen LogP contribution is -2.44. The molecular weight excluding hydrogens is 438 g/mol. The van der Waals surface area contributed by atoms with Crippen LogP contribution in [0.3, 0.4) is 0 Å². The molecule has 5 rings (SSSR count). The van der Waals surface area contributed by atoms with Crippen molar-refractivity contribution in [3.05, 3.63) is 83.8 Å². The van der Waals surface area contributed by atoms with Gasteiger partial charge in [-0.15, -0.1) is 0 Å². The van der Waals surface area contributed by atoms with Crippen LogP contribution in [0, 0.1) is 0 Å². The normalized spacial score (nSPS) is 18.8. The molecule has 9 nitrogen and oxygen atoms in total. The van der Waals surface area contributed by atoms with Gasteiger partial charge in [0.15, 0.2) is 11.5 Å². The first-order valence-corrected chi connectivity index (χ1v) is 10.8. The number of ether oxygens (including phenoxy) is 2. The van der Waals surface area contributed by atoms with Crippen molar-refractivity contribution in [1.82, 2.24) is 15.1 Å². The minimum atomic E-state index is -1.33. The fourth-order valence-electron chi connectivity index (χ4n) is 4.11. The van der Waals surface area contributed by atoms with Gasteiger partial charge in [0.1, 0.15) is 17.8 Å². The molecule has 0 saturated carbocycles. The van der Waals surface area contributed by atoms with E-state index >= 15 is 0 Å². The van der Waals surface area contributed by atoms with Gasteiger partial charge in [0.05, 0.1) is 12.8 Å². The van der Waals surface area contributed by atoms with Crippen molar-refractivity contribution in [2.75, 3.05) is 13.3 Å². The average molecular weight is 461 g/mol. The van der Waals surface area contributed by atoms with E-state index in [1.165, 1.54) is 6.26 Å². The number of carbonyl (C=O) groups is 3. The molecule has 2 aliphatic heterocycles. The Labute approximate surface area is 195 Å². The van der Waals surface area contributed by atoms with E-state index in [1.807, 2.05) is 30.3 Å². The molecule has 174 valence electrons. The molecular formula is C25H23N3O6. The number of nitrogens with one attached hydrogen (secondary N) is 1. The van der Waals surface area contributed by atoms with E-state index in [2.05, 4.69) is 5.32 Å². The number of urea groups is 1. The summed E-state index contributed by atoms with van der Waals surface area (Å²) in [5.41, 5.74) is 0.135. The van der Waals surface area contributed by atoms with Crippen LogP contribution in [0.1, 0.15) is 23.8 Å². The fraction of sp³-hybridized carbons (Fsp3) is 0.240. The summed E-state index contributed by atoms with van der Waals surface area (Å²) in [5, 5.41) is 2.73. The Bertz CT molecular complexity index is 1230. The topological polar surface area (TPSA) is 101 Å². The monoisotopic (exact) mass is 461 g/mol. The molecule has 1 unspecified atom stereocenters. The molecule has 1 N–H and O–H groups in total. The Morgan fingerprint density at radius 2 is 1.82 bits per heavy atom. The van der Waals surface area contributed by atoms with Gasteiger partial charge in [0, 0.05) is 6.54 Å². The zero-order chi connectivity index (χ0) is 23.7. The van der Waals surface area contributed by atoms with E-state index in [0.717, 1.165) is 10.5 Å². The summed E-state index contributed by atoms with van der Waals surface area (Å²) in [4.78, 5) is 42.0. The SMILES string of the molecule is CC1(c2ccc3c(c2)OCO3)NC(=O)N(CC(=O)N(Cc2ccccc2)Cc2ccco2)C1=O. The van der Waals surface area contributed by atoms with Gasteiger partial charge in [-0.05, 0) is 42.3 Å². The van der Waals surface area contributed by atoms with Gasteiger partial charge in [0.2, 0.25) is 12.7 Å². The molecule has 0 bridgehead atoms.